The average Bonchev–Trinajstić information content (AvgIpc) is 3.79. The maximum Gasteiger partial charge on any atom is 0.161 e. The summed E-state index contributed by atoms with van der Waals surface area (Å²) in [5.41, 5.74) is 19.0. The summed E-state index contributed by atoms with van der Waals surface area (Å²) in [6.45, 7) is 9.51. The summed E-state index contributed by atoms with van der Waals surface area (Å²) in [4.78, 5) is 11.3. The first-order valence-corrected chi connectivity index (χ1v) is 20.0. The summed E-state index contributed by atoms with van der Waals surface area (Å²) in [7, 11) is 0. The molecule has 0 radical (unpaired) electrons. The molecule has 11 rings (SSSR count). The Labute approximate surface area is 325 Å². The standard InChI is InChI=1S/C52H38N2S/c1-51(2)42-16-10-8-14-37(42)40-29-45-41(30-44(40)51)39-28-36(26-27-43(39)52(45,3)4)33-20-18-31(19-21-33)32-22-24-35(25-23-32)49-53-48(34-12-6-5-7-13-34)47-38-15-9-11-17-46(38)55-50(47)54-49/h5-30H,1-4H3. The second kappa shape index (κ2) is 11.7. The van der Waals surface area contributed by atoms with Crippen LogP contribution in [0.5, 0.6) is 0 Å². The number of hydrogen-bond donors (Lipinski definition) is 0. The van der Waals surface area contributed by atoms with Crippen molar-refractivity contribution in [2.75, 3.05) is 0 Å². The van der Waals surface area contributed by atoms with Gasteiger partial charge in [0.2, 0.25) is 0 Å². The van der Waals surface area contributed by atoms with Crippen molar-refractivity contribution in [2.45, 2.75) is 38.5 Å². The molecule has 0 saturated carbocycles. The van der Waals surface area contributed by atoms with Gasteiger partial charge in [-0.25, -0.2) is 9.97 Å². The third-order valence-corrected chi connectivity index (χ3v) is 13.4. The predicted octanol–water partition coefficient (Wildman–Crippen LogP) is 14.1. The van der Waals surface area contributed by atoms with Crippen molar-refractivity contribution in [2.24, 2.45) is 0 Å². The van der Waals surface area contributed by atoms with E-state index >= 15 is 0 Å². The Morgan fingerprint density at radius 2 is 0.927 bits per heavy atom. The van der Waals surface area contributed by atoms with Crippen LogP contribution in [0.25, 0.3) is 87.5 Å². The minimum Gasteiger partial charge on any atom is -0.227 e. The minimum atomic E-state index is -0.0618. The van der Waals surface area contributed by atoms with Crippen LogP contribution in [-0.2, 0) is 10.8 Å². The van der Waals surface area contributed by atoms with Crippen LogP contribution in [-0.4, -0.2) is 9.97 Å². The number of thiophene rings is 1. The van der Waals surface area contributed by atoms with Crippen LogP contribution < -0.4 is 0 Å². The molecule has 2 nitrogen and oxygen atoms in total. The summed E-state index contributed by atoms with van der Waals surface area (Å²) in [6, 6.07) is 57.8. The SMILES string of the molecule is CC1(C)c2ccccc2-c2cc3c(cc21)-c1cc(-c2ccc(-c4ccc(-c5nc(-c6ccccc6)c6c(n5)sc5ccccc56)cc4)cc2)ccc1C3(C)C. The molecule has 0 fully saturated rings. The highest BCUT2D eigenvalue weighted by molar-refractivity contribution is 7.25. The molecule has 55 heavy (non-hydrogen) atoms. The van der Waals surface area contributed by atoms with Gasteiger partial charge in [0.05, 0.1) is 5.69 Å². The number of aromatic nitrogens is 2. The molecule has 0 aliphatic heterocycles. The Morgan fingerprint density at radius 1 is 0.400 bits per heavy atom. The van der Waals surface area contributed by atoms with E-state index in [0.29, 0.717) is 0 Å². The van der Waals surface area contributed by atoms with Crippen molar-refractivity contribution in [3.8, 4) is 67.2 Å². The molecule has 2 heterocycles. The monoisotopic (exact) mass is 722 g/mol. The molecule has 0 saturated heterocycles. The number of nitrogens with zero attached hydrogens (tertiary/aromatic N) is 2. The summed E-state index contributed by atoms with van der Waals surface area (Å²) in [5, 5.41) is 2.33. The smallest absolute Gasteiger partial charge is 0.161 e. The molecule has 2 aliphatic carbocycles. The van der Waals surface area contributed by atoms with Crippen molar-refractivity contribution >= 4 is 31.6 Å². The Bertz CT molecular complexity index is 3000. The van der Waals surface area contributed by atoms with Crippen LogP contribution in [0.15, 0.2) is 158 Å². The van der Waals surface area contributed by atoms with Gasteiger partial charge in [-0.2, -0.15) is 0 Å². The van der Waals surface area contributed by atoms with Crippen molar-refractivity contribution < 1.29 is 0 Å². The lowest BCUT2D eigenvalue weighted by atomic mass is 9.79. The molecule has 0 atom stereocenters. The molecule has 0 amide bonds. The molecule has 262 valence electrons. The number of rotatable bonds is 4. The third kappa shape index (κ3) is 4.79. The maximum atomic E-state index is 5.19. The Hall–Kier alpha value is -6.16. The lowest BCUT2D eigenvalue weighted by Crippen LogP contribution is -2.16. The van der Waals surface area contributed by atoms with E-state index in [9.17, 15) is 0 Å². The molecule has 0 bridgehead atoms. The van der Waals surface area contributed by atoms with Gasteiger partial charge in [-0.05, 0) is 91.0 Å². The fourth-order valence-electron chi connectivity index (χ4n) is 9.35. The van der Waals surface area contributed by atoms with E-state index in [4.69, 9.17) is 9.97 Å². The summed E-state index contributed by atoms with van der Waals surface area (Å²) in [5.74, 6) is 0.749. The van der Waals surface area contributed by atoms with Gasteiger partial charge in [0.1, 0.15) is 4.83 Å². The third-order valence-electron chi connectivity index (χ3n) is 12.4. The first kappa shape index (κ1) is 32.3. The largest absolute Gasteiger partial charge is 0.227 e. The summed E-state index contributed by atoms with van der Waals surface area (Å²) >= 11 is 1.73. The first-order chi connectivity index (χ1) is 26.8. The molecule has 0 spiro atoms. The minimum absolute atomic E-state index is 0.0234. The van der Waals surface area contributed by atoms with Crippen LogP contribution in [0.4, 0.5) is 0 Å². The second-order valence-corrected chi connectivity index (χ2v) is 17.2. The van der Waals surface area contributed by atoms with Crippen molar-refractivity contribution in [3.63, 3.8) is 0 Å². The van der Waals surface area contributed by atoms with E-state index in [-0.39, 0.29) is 10.8 Å². The van der Waals surface area contributed by atoms with E-state index < -0.39 is 0 Å². The molecule has 0 N–H and O–H groups in total. The highest BCUT2D eigenvalue weighted by Gasteiger charge is 2.41. The van der Waals surface area contributed by atoms with Gasteiger partial charge in [-0.1, -0.05) is 161 Å². The van der Waals surface area contributed by atoms with Gasteiger partial charge < -0.3 is 0 Å². The van der Waals surface area contributed by atoms with Gasteiger partial charge in [0, 0.05) is 37.4 Å². The number of hydrogen-bond acceptors (Lipinski definition) is 3. The second-order valence-electron chi connectivity index (χ2n) is 16.2. The molecule has 2 aromatic heterocycles. The first-order valence-electron chi connectivity index (χ1n) is 19.2. The van der Waals surface area contributed by atoms with Crippen LogP contribution in [0.2, 0.25) is 0 Å². The van der Waals surface area contributed by atoms with Crippen LogP contribution in [0, 0.1) is 0 Å². The van der Waals surface area contributed by atoms with Crippen LogP contribution in [0.3, 0.4) is 0 Å². The van der Waals surface area contributed by atoms with E-state index in [1.165, 1.54) is 76.8 Å². The number of benzene rings is 7. The Kier molecular flexibility index (Phi) is 6.85. The lowest BCUT2D eigenvalue weighted by Gasteiger charge is -2.24. The Balaban J connectivity index is 0.917. The summed E-state index contributed by atoms with van der Waals surface area (Å²) in [6.07, 6.45) is 0. The van der Waals surface area contributed by atoms with E-state index in [1.54, 1.807) is 11.3 Å². The summed E-state index contributed by atoms with van der Waals surface area (Å²) < 4.78 is 1.23. The molecular formula is C52H38N2S. The van der Waals surface area contributed by atoms with Crippen molar-refractivity contribution in [1.82, 2.24) is 9.97 Å². The van der Waals surface area contributed by atoms with E-state index in [1.807, 2.05) is 0 Å². The van der Waals surface area contributed by atoms with Crippen LogP contribution in [0.1, 0.15) is 49.9 Å². The number of fused-ring (bicyclic) bond motifs is 9. The highest BCUT2D eigenvalue weighted by atomic mass is 32.1. The zero-order valence-electron chi connectivity index (χ0n) is 31.3. The van der Waals surface area contributed by atoms with Gasteiger partial charge in [-0.15, -0.1) is 11.3 Å². The molecule has 7 aromatic carbocycles. The predicted molar refractivity (Wildman–Crippen MR) is 232 cm³/mol. The Morgan fingerprint density at radius 3 is 1.64 bits per heavy atom. The molecule has 9 aromatic rings. The molecule has 3 heteroatoms. The zero-order chi connectivity index (χ0) is 37.1. The van der Waals surface area contributed by atoms with E-state index in [2.05, 4.69) is 185 Å². The van der Waals surface area contributed by atoms with Gasteiger partial charge in [0.25, 0.3) is 0 Å². The van der Waals surface area contributed by atoms with Gasteiger partial charge >= 0.3 is 0 Å². The quantitative estimate of drug-likeness (QED) is 0.181. The van der Waals surface area contributed by atoms with Crippen molar-refractivity contribution in [1.29, 1.82) is 0 Å². The zero-order valence-corrected chi connectivity index (χ0v) is 32.1. The topological polar surface area (TPSA) is 25.8 Å². The fourth-order valence-corrected chi connectivity index (χ4v) is 10.4. The maximum absolute atomic E-state index is 5.19. The fraction of sp³-hybridized carbons (Fsp3) is 0.115. The van der Waals surface area contributed by atoms with Crippen molar-refractivity contribution in [3.05, 3.63) is 180 Å². The molecule has 2 aliphatic rings. The van der Waals surface area contributed by atoms with E-state index in [0.717, 1.165) is 32.9 Å². The highest BCUT2D eigenvalue weighted by Crippen LogP contribution is 2.56. The van der Waals surface area contributed by atoms with Gasteiger partial charge in [0.15, 0.2) is 5.82 Å². The van der Waals surface area contributed by atoms with Crippen LogP contribution >= 0.6 is 11.3 Å². The normalized spacial score (nSPS) is 14.5. The molecule has 0 unspecified atom stereocenters. The molecular weight excluding hydrogens is 685 g/mol. The lowest BCUT2D eigenvalue weighted by molar-refractivity contribution is 0.652. The average molecular weight is 723 g/mol. The van der Waals surface area contributed by atoms with Gasteiger partial charge in [-0.3, -0.25) is 0 Å².